The van der Waals surface area contributed by atoms with Gasteiger partial charge in [-0.2, -0.15) is 0 Å². The second kappa shape index (κ2) is 7.09. The van der Waals surface area contributed by atoms with Crippen molar-refractivity contribution in [2.45, 2.75) is 6.92 Å². The van der Waals surface area contributed by atoms with Crippen LogP contribution in [0.1, 0.15) is 21.7 Å². The van der Waals surface area contributed by atoms with E-state index in [1.807, 2.05) is 0 Å². The zero-order valence-corrected chi connectivity index (χ0v) is 13.7. The lowest BCUT2D eigenvalue weighted by atomic mass is 10.1. The van der Waals surface area contributed by atoms with Gasteiger partial charge in [0.25, 0.3) is 5.91 Å². The number of halogens is 1. The molecule has 0 atom stereocenters. The van der Waals surface area contributed by atoms with Crippen LogP contribution < -0.4 is 10.6 Å². The molecule has 0 saturated heterocycles. The molecule has 0 unspecified atom stereocenters. The lowest BCUT2D eigenvalue weighted by molar-refractivity contribution is -0.111. The van der Waals surface area contributed by atoms with Crippen LogP contribution in [-0.2, 0) is 4.79 Å². The van der Waals surface area contributed by atoms with E-state index in [0.29, 0.717) is 27.2 Å². The minimum atomic E-state index is -0.301. The van der Waals surface area contributed by atoms with Gasteiger partial charge in [-0.1, -0.05) is 6.07 Å². The molecule has 22 heavy (non-hydrogen) atoms. The first-order chi connectivity index (χ1) is 10.5. The second-order valence-electron chi connectivity index (χ2n) is 4.52. The normalized spacial score (nSPS) is 10.7. The molecule has 1 aromatic heterocycles. The Morgan fingerprint density at radius 3 is 2.64 bits per heavy atom. The Morgan fingerprint density at radius 2 is 2.00 bits per heavy atom. The monoisotopic (exact) mass is 362 g/mol. The maximum Gasteiger partial charge on any atom is 0.251 e. The molecular formula is C16H15BrN2O3. The Kier molecular flexibility index (Phi) is 5.16. The number of anilines is 1. The Hall–Kier alpha value is -2.34. The van der Waals surface area contributed by atoms with Crippen molar-refractivity contribution in [2.75, 3.05) is 12.4 Å². The van der Waals surface area contributed by atoms with E-state index in [2.05, 4.69) is 26.6 Å². The van der Waals surface area contributed by atoms with Crippen LogP contribution in [0.5, 0.6) is 0 Å². The van der Waals surface area contributed by atoms with E-state index < -0.39 is 0 Å². The smallest absolute Gasteiger partial charge is 0.251 e. The molecule has 2 amide bonds. The van der Waals surface area contributed by atoms with Crippen molar-refractivity contribution < 1.29 is 14.0 Å². The summed E-state index contributed by atoms with van der Waals surface area (Å²) < 4.78 is 5.87. The molecule has 0 aliphatic rings. The van der Waals surface area contributed by atoms with Gasteiger partial charge in [0.15, 0.2) is 4.67 Å². The second-order valence-corrected chi connectivity index (χ2v) is 5.30. The van der Waals surface area contributed by atoms with Crippen molar-refractivity contribution >= 4 is 39.5 Å². The molecule has 0 radical (unpaired) electrons. The van der Waals surface area contributed by atoms with Crippen molar-refractivity contribution in [3.8, 4) is 0 Å². The number of amides is 2. The van der Waals surface area contributed by atoms with Gasteiger partial charge in [-0.15, -0.1) is 0 Å². The first-order valence-corrected chi connectivity index (χ1v) is 7.36. The highest BCUT2D eigenvalue weighted by atomic mass is 79.9. The fourth-order valence-corrected chi connectivity index (χ4v) is 2.22. The summed E-state index contributed by atoms with van der Waals surface area (Å²) in [5, 5.41) is 5.32. The van der Waals surface area contributed by atoms with Gasteiger partial charge in [0, 0.05) is 24.4 Å². The van der Waals surface area contributed by atoms with E-state index in [1.54, 1.807) is 50.4 Å². The van der Waals surface area contributed by atoms with Crippen molar-refractivity contribution in [3.05, 3.63) is 58.0 Å². The van der Waals surface area contributed by atoms with E-state index in [0.717, 1.165) is 0 Å². The topological polar surface area (TPSA) is 71.3 Å². The maximum absolute atomic E-state index is 11.9. The number of rotatable bonds is 4. The molecule has 114 valence electrons. The summed E-state index contributed by atoms with van der Waals surface area (Å²) >= 11 is 3.19. The Labute approximate surface area is 136 Å². The predicted molar refractivity (Wildman–Crippen MR) is 88.6 cm³/mol. The van der Waals surface area contributed by atoms with E-state index in [1.165, 1.54) is 6.08 Å². The minimum absolute atomic E-state index is 0.190. The molecule has 2 N–H and O–H groups in total. The molecule has 1 heterocycles. The fraction of sp³-hybridized carbons (Fsp3) is 0.125. The molecule has 2 aromatic rings. The van der Waals surface area contributed by atoms with Crippen molar-refractivity contribution in [3.63, 3.8) is 0 Å². The van der Waals surface area contributed by atoms with Crippen LogP contribution in [0, 0.1) is 6.92 Å². The average molecular weight is 363 g/mol. The van der Waals surface area contributed by atoms with E-state index >= 15 is 0 Å². The van der Waals surface area contributed by atoms with Gasteiger partial charge < -0.3 is 15.1 Å². The van der Waals surface area contributed by atoms with Crippen LogP contribution in [0.25, 0.3) is 6.08 Å². The molecule has 0 aliphatic carbocycles. The van der Waals surface area contributed by atoms with Gasteiger partial charge in [0.1, 0.15) is 5.76 Å². The molecule has 0 bridgehead atoms. The number of nitrogens with one attached hydrogen (secondary N) is 2. The van der Waals surface area contributed by atoms with Crippen LogP contribution in [0.4, 0.5) is 5.69 Å². The summed E-state index contributed by atoms with van der Waals surface area (Å²) in [6.45, 7) is 1.79. The fourth-order valence-electron chi connectivity index (χ4n) is 1.90. The van der Waals surface area contributed by atoms with Gasteiger partial charge in [-0.25, -0.2) is 0 Å². The summed E-state index contributed by atoms with van der Waals surface area (Å²) in [5.74, 6) is 0.0760. The molecule has 5 nitrogen and oxygen atoms in total. The number of hydrogen-bond acceptors (Lipinski definition) is 3. The number of benzene rings is 1. The predicted octanol–water partition coefficient (Wildman–Crippen LogP) is 3.36. The molecule has 0 spiro atoms. The molecule has 1 aromatic carbocycles. The molecule has 0 saturated carbocycles. The van der Waals surface area contributed by atoms with Crippen LogP contribution in [0.2, 0.25) is 0 Å². The Balaban J connectivity index is 2.12. The summed E-state index contributed by atoms with van der Waals surface area (Å²) in [6.07, 6.45) is 2.94. The van der Waals surface area contributed by atoms with E-state index in [4.69, 9.17) is 4.42 Å². The minimum Gasteiger partial charge on any atom is -0.450 e. The third-order valence-corrected chi connectivity index (χ3v) is 3.48. The van der Waals surface area contributed by atoms with Crippen LogP contribution in [0.3, 0.4) is 0 Å². The van der Waals surface area contributed by atoms with Gasteiger partial charge in [-0.3, -0.25) is 9.59 Å². The summed E-state index contributed by atoms with van der Waals surface area (Å²) in [7, 11) is 1.57. The number of carbonyl (C=O) groups is 2. The molecule has 0 aliphatic heterocycles. The molecule has 0 fully saturated rings. The molecule has 2 rings (SSSR count). The quantitative estimate of drug-likeness (QED) is 0.819. The van der Waals surface area contributed by atoms with E-state index in [-0.39, 0.29) is 11.8 Å². The first-order valence-electron chi connectivity index (χ1n) is 6.57. The van der Waals surface area contributed by atoms with Crippen molar-refractivity contribution in [2.24, 2.45) is 0 Å². The highest BCUT2D eigenvalue weighted by molar-refractivity contribution is 9.10. The largest absolute Gasteiger partial charge is 0.450 e. The third kappa shape index (κ3) is 3.85. The van der Waals surface area contributed by atoms with E-state index in [9.17, 15) is 9.59 Å². The highest BCUT2D eigenvalue weighted by Crippen LogP contribution is 2.19. The maximum atomic E-state index is 11.9. The Bertz CT molecular complexity index is 735. The first kappa shape index (κ1) is 16.0. The van der Waals surface area contributed by atoms with Gasteiger partial charge in [0.2, 0.25) is 5.91 Å². The number of hydrogen-bond donors (Lipinski definition) is 2. The third-order valence-electron chi connectivity index (χ3n) is 3.06. The molecule has 6 heteroatoms. The summed E-state index contributed by atoms with van der Waals surface area (Å²) in [4.78, 5) is 23.7. The number of carbonyl (C=O) groups excluding carboxylic acids is 2. The lowest BCUT2D eigenvalue weighted by Crippen LogP contribution is -2.20. The van der Waals surface area contributed by atoms with Crippen LogP contribution in [0.15, 0.2) is 45.5 Å². The molecular weight excluding hydrogens is 348 g/mol. The Morgan fingerprint density at radius 1 is 1.23 bits per heavy atom. The standard InChI is InChI=1S/C16H15BrN2O3/c1-10-12(16(21)18-2)4-3-5-13(10)19-15(20)9-7-11-6-8-14(17)22-11/h3-9H,1-2H3,(H,18,21)(H,19,20)/b9-7+. The SMILES string of the molecule is CNC(=O)c1cccc(NC(=O)/C=C/c2ccc(Br)o2)c1C. The summed E-state index contributed by atoms with van der Waals surface area (Å²) in [5.41, 5.74) is 1.83. The highest BCUT2D eigenvalue weighted by Gasteiger charge is 2.11. The van der Waals surface area contributed by atoms with Crippen molar-refractivity contribution in [1.29, 1.82) is 0 Å². The lowest BCUT2D eigenvalue weighted by Gasteiger charge is -2.10. The zero-order valence-electron chi connectivity index (χ0n) is 12.1. The van der Waals surface area contributed by atoms with Gasteiger partial charge >= 0.3 is 0 Å². The average Bonchev–Trinajstić information content (AvgIpc) is 2.92. The van der Waals surface area contributed by atoms with Gasteiger partial charge in [-0.05, 0) is 58.8 Å². The van der Waals surface area contributed by atoms with Crippen molar-refractivity contribution in [1.82, 2.24) is 5.32 Å². The van der Waals surface area contributed by atoms with Gasteiger partial charge in [0.05, 0.1) is 0 Å². The number of furan rings is 1. The van der Waals surface area contributed by atoms with Crippen LogP contribution >= 0.6 is 15.9 Å². The zero-order chi connectivity index (χ0) is 16.1. The summed E-state index contributed by atoms with van der Waals surface area (Å²) in [6, 6.07) is 8.66. The van der Waals surface area contributed by atoms with Crippen LogP contribution in [-0.4, -0.2) is 18.9 Å².